The number of halogens is 2. The summed E-state index contributed by atoms with van der Waals surface area (Å²) >= 11 is 12.5. The minimum absolute atomic E-state index is 0.0507. The molecule has 3 rings (SSSR count). The first kappa shape index (κ1) is 19.5. The highest BCUT2D eigenvalue weighted by atomic mass is 35.5. The molecule has 0 saturated heterocycles. The number of aromatic amines is 1. The lowest BCUT2D eigenvalue weighted by atomic mass is 10.00. The van der Waals surface area contributed by atoms with Crippen LogP contribution in [-0.2, 0) is 11.3 Å². The summed E-state index contributed by atoms with van der Waals surface area (Å²) in [5.74, 6) is -0.425. The van der Waals surface area contributed by atoms with Crippen molar-refractivity contribution in [1.82, 2.24) is 15.0 Å². The maximum atomic E-state index is 12.3. The van der Waals surface area contributed by atoms with Gasteiger partial charge in [0.25, 0.3) is 5.56 Å². The van der Waals surface area contributed by atoms with E-state index in [0.717, 1.165) is 4.57 Å². The van der Waals surface area contributed by atoms with Crippen LogP contribution in [0.15, 0.2) is 32.9 Å². The second kappa shape index (κ2) is 8.16. The largest absolute Gasteiger partial charge is 0.494 e. The first-order chi connectivity index (χ1) is 12.9. The first-order valence-electron chi connectivity index (χ1n) is 8.25. The molecule has 0 radical (unpaired) electrons. The Morgan fingerprint density at radius 3 is 2.70 bits per heavy atom. The lowest BCUT2D eigenvalue weighted by Gasteiger charge is -2.14. The van der Waals surface area contributed by atoms with Gasteiger partial charge in [-0.2, -0.15) is 5.10 Å². The summed E-state index contributed by atoms with van der Waals surface area (Å²) in [7, 11) is 1.54. The number of nitrogens with one attached hydrogen (secondary N) is 2. The fourth-order valence-corrected chi connectivity index (χ4v) is 3.66. The molecule has 1 aromatic carbocycles. The van der Waals surface area contributed by atoms with Gasteiger partial charge in [0.15, 0.2) is 0 Å². The fraction of sp³-hybridized carbons (Fsp3) is 0.353. The third kappa shape index (κ3) is 3.87. The number of benzene rings is 1. The van der Waals surface area contributed by atoms with Gasteiger partial charge in [-0.05, 0) is 18.6 Å². The van der Waals surface area contributed by atoms with Crippen LogP contribution in [0, 0.1) is 0 Å². The van der Waals surface area contributed by atoms with Crippen LogP contribution in [0.2, 0.25) is 10.0 Å². The number of hydrogen-bond donors (Lipinski definition) is 3. The van der Waals surface area contributed by atoms with Gasteiger partial charge in [0.05, 0.1) is 11.8 Å². The Kier molecular flexibility index (Phi) is 5.88. The van der Waals surface area contributed by atoms with Crippen LogP contribution < -0.4 is 16.7 Å². The van der Waals surface area contributed by atoms with E-state index in [4.69, 9.17) is 27.9 Å². The van der Waals surface area contributed by atoms with Crippen molar-refractivity contribution < 1.29 is 9.84 Å². The molecule has 10 heteroatoms. The lowest BCUT2D eigenvalue weighted by molar-refractivity contribution is 0.188. The lowest BCUT2D eigenvalue weighted by Crippen LogP contribution is -2.34. The van der Waals surface area contributed by atoms with E-state index in [1.54, 1.807) is 25.3 Å². The van der Waals surface area contributed by atoms with Crippen molar-refractivity contribution in [3.05, 3.63) is 60.2 Å². The minimum atomic E-state index is -0.702. The molecule has 144 valence electrons. The van der Waals surface area contributed by atoms with E-state index < -0.39 is 17.1 Å². The molecule has 0 fully saturated rings. The predicted molar refractivity (Wildman–Crippen MR) is 103 cm³/mol. The Labute approximate surface area is 164 Å². The number of methoxy groups -OCH3 is 1. The van der Waals surface area contributed by atoms with Crippen LogP contribution in [0.25, 0.3) is 0 Å². The van der Waals surface area contributed by atoms with Gasteiger partial charge in [-0.15, -0.1) is 0 Å². The summed E-state index contributed by atoms with van der Waals surface area (Å²) in [6.45, 7) is 0.610. The number of aromatic hydroxyl groups is 1. The van der Waals surface area contributed by atoms with E-state index in [9.17, 15) is 14.7 Å². The van der Waals surface area contributed by atoms with Gasteiger partial charge in [-0.25, -0.2) is 4.79 Å². The van der Waals surface area contributed by atoms with Crippen LogP contribution in [0.1, 0.15) is 30.0 Å². The standard InChI is InChI=1S/C17H18Cl2N4O4/c1-27-7-3-6-23-16(25)14(15(24)20-17(23)26)12-8-11(21-22-12)13-9(18)4-2-5-10(13)19/h2,4-5,11,21,25H,3,6-8H2,1H3,(H,20,24,26)/t11-/m1/s1. The number of hydrogen-bond acceptors (Lipinski definition) is 6. The SMILES string of the molecule is COCCCn1c(O)c(C2=NN[C@@H](c3c(Cl)cccc3Cl)C2)c(=O)[nH]c1=O. The molecule has 2 aromatic rings. The molecule has 2 heterocycles. The molecule has 0 aliphatic carbocycles. The van der Waals surface area contributed by atoms with Crippen molar-refractivity contribution in [2.45, 2.75) is 25.4 Å². The summed E-state index contributed by atoms with van der Waals surface area (Å²) in [4.78, 5) is 26.5. The summed E-state index contributed by atoms with van der Waals surface area (Å²) in [6.07, 6.45) is 0.772. The van der Waals surface area contributed by atoms with Gasteiger partial charge in [-0.1, -0.05) is 29.3 Å². The molecule has 27 heavy (non-hydrogen) atoms. The zero-order valence-electron chi connectivity index (χ0n) is 14.5. The third-order valence-electron chi connectivity index (χ3n) is 4.29. The van der Waals surface area contributed by atoms with Crippen LogP contribution in [0.4, 0.5) is 0 Å². The van der Waals surface area contributed by atoms with E-state index in [1.165, 1.54) is 0 Å². The zero-order valence-corrected chi connectivity index (χ0v) is 16.0. The Morgan fingerprint density at radius 1 is 1.33 bits per heavy atom. The van der Waals surface area contributed by atoms with Crippen molar-refractivity contribution >= 4 is 28.9 Å². The smallest absolute Gasteiger partial charge is 0.331 e. The molecule has 0 amide bonds. The Balaban J connectivity index is 1.92. The topological polar surface area (TPSA) is 109 Å². The highest BCUT2D eigenvalue weighted by Crippen LogP contribution is 2.35. The van der Waals surface area contributed by atoms with Crippen molar-refractivity contribution in [2.75, 3.05) is 13.7 Å². The van der Waals surface area contributed by atoms with Crippen molar-refractivity contribution in [3.8, 4) is 5.88 Å². The van der Waals surface area contributed by atoms with Crippen molar-refractivity contribution in [3.63, 3.8) is 0 Å². The van der Waals surface area contributed by atoms with Gasteiger partial charge < -0.3 is 15.3 Å². The molecule has 0 unspecified atom stereocenters. The molecule has 8 nitrogen and oxygen atoms in total. The first-order valence-corrected chi connectivity index (χ1v) is 9.01. The molecule has 0 saturated carbocycles. The van der Waals surface area contributed by atoms with E-state index in [1.807, 2.05) is 0 Å². The second-order valence-electron chi connectivity index (χ2n) is 6.04. The Bertz CT molecular complexity index is 979. The average Bonchev–Trinajstić information content (AvgIpc) is 3.06. The monoisotopic (exact) mass is 412 g/mol. The highest BCUT2D eigenvalue weighted by molar-refractivity contribution is 6.36. The summed E-state index contributed by atoms with van der Waals surface area (Å²) < 4.78 is 6.05. The molecule has 0 bridgehead atoms. The Hall–Kier alpha value is -2.29. The summed E-state index contributed by atoms with van der Waals surface area (Å²) in [5, 5.41) is 15.6. The van der Waals surface area contributed by atoms with E-state index in [0.29, 0.717) is 34.3 Å². The molecule has 1 aromatic heterocycles. The quantitative estimate of drug-likeness (QED) is 0.628. The molecule has 1 atom stereocenters. The van der Waals surface area contributed by atoms with Crippen LogP contribution >= 0.6 is 23.2 Å². The van der Waals surface area contributed by atoms with E-state index >= 15 is 0 Å². The van der Waals surface area contributed by atoms with Crippen LogP contribution in [0.5, 0.6) is 5.88 Å². The van der Waals surface area contributed by atoms with Gasteiger partial charge in [-0.3, -0.25) is 14.3 Å². The number of H-pyrrole nitrogens is 1. The van der Waals surface area contributed by atoms with Gasteiger partial charge in [0.2, 0.25) is 5.88 Å². The second-order valence-corrected chi connectivity index (χ2v) is 6.85. The van der Waals surface area contributed by atoms with E-state index in [-0.39, 0.29) is 24.6 Å². The van der Waals surface area contributed by atoms with Gasteiger partial charge >= 0.3 is 5.69 Å². The number of ether oxygens (including phenoxy) is 1. The molecule has 3 N–H and O–H groups in total. The van der Waals surface area contributed by atoms with Crippen LogP contribution in [0.3, 0.4) is 0 Å². The average molecular weight is 413 g/mol. The minimum Gasteiger partial charge on any atom is -0.494 e. The van der Waals surface area contributed by atoms with Crippen molar-refractivity contribution in [1.29, 1.82) is 0 Å². The van der Waals surface area contributed by atoms with E-state index in [2.05, 4.69) is 15.5 Å². The summed E-state index contributed by atoms with van der Waals surface area (Å²) in [5.41, 5.74) is 2.42. The fourth-order valence-electron chi connectivity index (χ4n) is 3.00. The molecule has 1 aliphatic rings. The summed E-state index contributed by atoms with van der Waals surface area (Å²) in [6, 6.07) is 4.80. The number of aromatic nitrogens is 2. The molecule has 0 spiro atoms. The zero-order chi connectivity index (χ0) is 19.6. The maximum absolute atomic E-state index is 12.3. The number of nitrogens with zero attached hydrogens (tertiary/aromatic N) is 2. The third-order valence-corrected chi connectivity index (χ3v) is 4.95. The van der Waals surface area contributed by atoms with Crippen LogP contribution in [-0.4, -0.2) is 34.1 Å². The molecule has 1 aliphatic heterocycles. The normalized spacial score (nSPS) is 16.3. The van der Waals surface area contributed by atoms with Crippen molar-refractivity contribution in [2.24, 2.45) is 5.10 Å². The van der Waals surface area contributed by atoms with Gasteiger partial charge in [0, 0.05) is 42.3 Å². The van der Waals surface area contributed by atoms with Gasteiger partial charge in [0.1, 0.15) is 5.56 Å². The predicted octanol–water partition coefficient (Wildman–Crippen LogP) is 2.02. The Morgan fingerprint density at radius 2 is 2.04 bits per heavy atom. The molecular formula is C17H18Cl2N4O4. The molecular weight excluding hydrogens is 395 g/mol. The number of hydrazone groups is 1. The highest BCUT2D eigenvalue weighted by Gasteiger charge is 2.29. The number of rotatable bonds is 6. The maximum Gasteiger partial charge on any atom is 0.331 e.